The third kappa shape index (κ3) is 4.55. The molecule has 2 saturated heterocycles. The number of aryl methyl sites for hydroxylation is 1. The molecule has 2 aromatic carbocycles. The Kier molecular flexibility index (Phi) is 6.68. The SMILES string of the molecule is Cc1ccccc1[C@]1(CC(=O)N2CCC(c3ccccc3)CC2)CC(=O)N(Cc2cccnc2)C1=O. The molecule has 0 unspecified atom stereocenters. The van der Waals surface area contributed by atoms with Gasteiger partial charge in [-0.2, -0.15) is 0 Å². The second kappa shape index (κ2) is 10.1. The molecular formula is C30H31N3O3. The molecule has 3 amide bonds. The summed E-state index contributed by atoms with van der Waals surface area (Å²) in [6, 6.07) is 21.7. The van der Waals surface area contributed by atoms with Crippen molar-refractivity contribution in [2.24, 2.45) is 0 Å². The van der Waals surface area contributed by atoms with Gasteiger partial charge in [-0.15, -0.1) is 0 Å². The van der Waals surface area contributed by atoms with Gasteiger partial charge in [0.25, 0.3) is 0 Å². The van der Waals surface area contributed by atoms with Crippen molar-refractivity contribution in [1.82, 2.24) is 14.8 Å². The van der Waals surface area contributed by atoms with Crippen molar-refractivity contribution in [1.29, 1.82) is 0 Å². The van der Waals surface area contributed by atoms with E-state index >= 15 is 0 Å². The number of hydrogen-bond donors (Lipinski definition) is 0. The van der Waals surface area contributed by atoms with Gasteiger partial charge in [0, 0.05) is 38.3 Å². The van der Waals surface area contributed by atoms with Crippen molar-refractivity contribution in [3.8, 4) is 0 Å². The van der Waals surface area contributed by atoms with Crippen molar-refractivity contribution >= 4 is 17.7 Å². The maximum absolute atomic E-state index is 14.0. The summed E-state index contributed by atoms with van der Waals surface area (Å²) in [6.07, 6.45) is 5.12. The van der Waals surface area contributed by atoms with Crippen LogP contribution in [0.4, 0.5) is 0 Å². The Morgan fingerprint density at radius 1 is 0.972 bits per heavy atom. The molecule has 6 nitrogen and oxygen atoms in total. The predicted molar refractivity (Wildman–Crippen MR) is 137 cm³/mol. The van der Waals surface area contributed by atoms with Gasteiger partial charge in [0.1, 0.15) is 0 Å². The zero-order valence-electron chi connectivity index (χ0n) is 20.6. The predicted octanol–water partition coefficient (Wildman–Crippen LogP) is 4.38. The summed E-state index contributed by atoms with van der Waals surface area (Å²) < 4.78 is 0. The third-order valence-corrected chi connectivity index (χ3v) is 7.70. The number of nitrogens with zero attached hydrogens (tertiary/aromatic N) is 3. The number of aromatic nitrogens is 1. The van der Waals surface area contributed by atoms with E-state index in [-0.39, 0.29) is 37.1 Å². The topological polar surface area (TPSA) is 70.6 Å². The van der Waals surface area contributed by atoms with Crippen molar-refractivity contribution in [2.45, 2.75) is 50.5 Å². The molecule has 1 atom stereocenters. The molecule has 2 aliphatic rings. The number of piperidine rings is 1. The van der Waals surface area contributed by atoms with Crippen LogP contribution in [-0.2, 0) is 26.3 Å². The van der Waals surface area contributed by atoms with Crippen LogP contribution in [0.15, 0.2) is 79.1 Å². The maximum atomic E-state index is 14.0. The van der Waals surface area contributed by atoms with Crippen LogP contribution in [0.2, 0.25) is 0 Å². The lowest BCUT2D eigenvalue weighted by molar-refractivity contribution is -0.143. The highest BCUT2D eigenvalue weighted by Crippen LogP contribution is 2.42. The largest absolute Gasteiger partial charge is 0.343 e. The Bertz CT molecular complexity index is 1250. The lowest BCUT2D eigenvalue weighted by Crippen LogP contribution is -2.45. The van der Waals surface area contributed by atoms with Crippen LogP contribution in [-0.4, -0.2) is 45.6 Å². The van der Waals surface area contributed by atoms with E-state index in [4.69, 9.17) is 0 Å². The fraction of sp³-hybridized carbons (Fsp3) is 0.333. The minimum Gasteiger partial charge on any atom is -0.343 e. The molecule has 2 fully saturated rings. The highest BCUT2D eigenvalue weighted by Gasteiger charge is 2.54. The molecular weight excluding hydrogens is 450 g/mol. The summed E-state index contributed by atoms with van der Waals surface area (Å²) in [5, 5.41) is 0. The highest BCUT2D eigenvalue weighted by atomic mass is 16.2. The molecule has 1 aromatic heterocycles. The fourth-order valence-electron chi connectivity index (χ4n) is 5.75. The number of rotatable bonds is 6. The number of amides is 3. The van der Waals surface area contributed by atoms with Gasteiger partial charge in [-0.25, -0.2) is 0 Å². The van der Waals surface area contributed by atoms with E-state index in [2.05, 4.69) is 29.2 Å². The quantitative estimate of drug-likeness (QED) is 0.490. The fourth-order valence-corrected chi connectivity index (χ4v) is 5.75. The van der Waals surface area contributed by atoms with Crippen LogP contribution in [0.25, 0.3) is 0 Å². The molecule has 36 heavy (non-hydrogen) atoms. The molecule has 0 spiro atoms. The smallest absolute Gasteiger partial charge is 0.241 e. The van der Waals surface area contributed by atoms with Crippen LogP contribution < -0.4 is 0 Å². The van der Waals surface area contributed by atoms with Crippen molar-refractivity contribution in [2.75, 3.05) is 13.1 Å². The standard InChI is InChI=1S/C30H31N3O3/c1-22-8-5-6-12-26(22)30(19-28(35)33(29(30)36)21-23-9-7-15-31-20-23)18-27(34)32-16-13-25(14-17-32)24-10-3-2-4-11-24/h2-12,15,20,25H,13-14,16-19,21H2,1H3/t30-/m0/s1. The van der Waals surface area contributed by atoms with E-state index < -0.39 is 5.41 Å². The monoisotopic (exact) mass is 481 g/mol. The molecule has 3 aromatic rings. The molecule has 184 valence electrons. The Morgan fingerprint density at radius 2 is 1.69 bits per heavy atom. The molecule has 0 aliphatic carbocycles. The third-order valence-electron chi connectivity index (χ3n) is 7.70. The molecule has 2 aliphatic heterocycles. The van der Waals surface area contributed by atoms with Gasteiger partial charge in [0.05, 0.1) is 12.0 Å². The molecule has 3 heterocycles. The molecule has 0 radical (unpaired) electrons. The summed E-state index contributed by atoms with van der Waals surface area (Å²) in [5.74, 6) is -0.166. The number of carbonyl (C=O) groups excluding carboxylic acids is 3. The number of likely N-dealkylation sites (tertiary alicyclic amines) is 2. The maximum Gasteiger partial charge on any atom is 0.241 e. The molecule has 0 N–H and O–H groups in total. The van der Waals surface area contributed by atoms with E-state index in [1.807, 2.05) is 48.2 Å². The zero-order chi connectivity index (χ0) is 25.1. The molecule has 6 heteroatoms. The number of carbonyl (C=O) groups is 3. The number of pyridine rings is 1. The van der Waals surface area contributed by atoms with Gasteiger partial charge >= 0.3 is 0 Å². The molecule has 0 saturated carbocycles. The van der Waals surface area contributed by atoms with Crippen LogP contribution in [0, 0.1) is 6.92 Å². The van der Waals surface area contributed by atoms with E-state index in [0.717, 1.165) is 29.5 Å². The van der Waals surface area contributed by atoms with Crippen LogP contribution in [0.1, 0.15) is 53.9 Å². The average Bonchev–Trinajstić information content (AvgIpc) is 3.14. The van der Waals surface area contributed by atoms with Crippen LogP contribution >= 0.6 is 0 Å². The number of benzene rings is 2. The second-order valence-electron chi connectivity index (χ2n) is 9.96. The summed E-state index contributed by atoms with van der Waals surface area (Å²) in [7, 11) is 0. The first-order chi connectivity index (χ1) is 17.5. The first-order valence-electron chi connectivity index (χ1n) is 12.6. The van der Waals surface area contributed by atoms with Crippen molar-refractivity contribution in [3.05, 3.63) is 101 Å². The highest BCUT2D eigenvalue weighted by molar-refractivity contribution is 6.10. The summed E-state index contributed by atoms with van der Waals surface area (Å²) in [5.41, 5.74) is 2.59. The van der Waals surface area contributed by atoms with E-state index in [1.54, 1.807) is 18.5 Å². The molecule has 0 bridgehead atoms. The zero-order valence-corrected chi connectivity index (χ0v) is 20.6. The van der Waals surface area contributed by atoms with Gasteiger partial charge in [0.2, 0.25) is 17.7 Å². The average molecular weight is 482 g/mol. The lowest BCUT2D eigenvalue weighted by atomic mass is 9.73. The van der Waals surface area contributed by atoms with Gasteiger partial charge in [-0.3, -0.25) is 24.3 Å². The Labute approximate surface area is 212 Å². The van der Waals surface area contributed by atoms with Crippen LogP contribution in [0.5, 0.6) is 0 Å². The number of imide groups is 1. The summed E-state index contributed by atoms with van der Waals surface area (Å²) in [6.45, 7) is 3.41. The Balaban J connectivity index is 1.38. The van der Waals surface area contributed by atoms with E-state index in [0.29, 0.717) is 19.0 Å². The number of hydrogen-bond acceptors (Lipinski definition) is 4. The summed E-state index contributed by atoms with van der Waals surface area (Å²) in [4.78, 5) is 48.1. The van der Waals surface area contributed by atoms with Crippen molar-refractivity contribution in [3.63, 3.8) is 0 Å². The van der Waals surface area contributed by atoms with E-state index in [9.17, 15) is 14.4 Å². The Morgan fingerprint density at radius 3 is 2.39 bits per heavy atom. The first-order valence-corrected chi connectivity index (χ1v) is 12.6. The lowest BCUT2D eigenvalue weighted by Gasteiger charge is -2.35. The molecule has 5 rings (SSSR count). The van der Waals surface area contributed by atoms with Gasteiger partial charge in [0.15, 0.2) is 0 Å². The second-order valence-corrected chi connectivity index (χ2v) is 9.96. The van der Waals surface area contributed by atoms with Gasteiger partial charge in [-0.1, -0.05) is 60.7 Å². The minimum atomic E-state index is -1.18. The first kappa shape index (κ1) is 23.9. The van der Waals surface area contributed by atoms with Crippen molar-refractivity contribution < 1.29 is 14.4 Å². The van der Waals surface area contributed by atoms with Crippen LogP contribution in [0.3, 0.4) is 0 Å². The normalized spacial score (nSPS) is 20.7. The summed E-state index contributed by atoms with van der Waals surface area (Å²) >= 11 is 0. The van der Waals surface area contributed by atoms with Gasteiger partial charge < -0.3 is 4.90 Å². The Hall–Kier alpha value is -3.80. The van der Waals surface area contributed by atoms with Gasteiger partial charge in [-0.05, 0) is 54.0 Å². The van der Waals surface area contributed by atoms with E-state index in [1.165, 1.54) is 10.5 Å². The minimum absolute atomic E-state index is 0.00195.